The summed E-state index contributed by atoms with van der Waals surface area (Å²) in [4.78, 5) is 15.0. The summed E-state index contributed by atoms with van der Waals surface area (Å²) >= 11 is 0. The van der Waals surface area contributed by atoms with E-state index in [9.17, 15) is 4.79 Å². The Morgan fingerprint density at radius 2 is 1.39 bits per heavy atom. The summed E-state index contributed by atoms with van der Waals surface area (Å²) in [5.74, 6) is 1.67. The van der Waals surface area contributed by atoms with E-state index in [4.69, 9.17) is 9.47 Å². The van der Waals surface area contributed by atoms with Crippen LogP contribution in [-0.2, 0) is 0 Å². The van der Waals surface area contributed by atoms with Crippen LogP contribution in [0.2, 0.25) is 0 Å². The summed E-state index contributed by atoms with van der Waals surface area (Å²) in [6, 6.07) is 15.4. The zero-order valence-electron chi connectivity index (χ0n) is 18.4. The van der Waals surface area contributed by atoms with E-state index in [-0.39, 0.29) is 5.69 Å². The van der Waals surface area contributed by atoms with Gasteiger partial charge in [0.25, 0.3) is 0 Å². The van der Waals surface area contributed by atoms with Gasteiger partial charge in [0.05, 0.1) is 17.5 Å². The molecule has 1 heterocycles. The maximum Gasteiger partial charge on any atom is 0.337 e. The number of hydrogen-bond donors (Lipinski definition) is 0. The van der Waals surface area contributed by atoms with Crippen LogP contribution in [0.25, 0.3) is 11.4 Å². The minimum Gasteiger partial charge on any atom is -0.492 e. The minimum atomic E-state index is -0.109. The van der Waals surface area contributed by atoms with Crippen LogP contribution in [0.3, 0.4) is 0 Å². The number of benzene rings is 2. The van der Waals surface area contributed by atoms with Crippen molar-refractivity contribution in [1.82, 2.24) is 14.0 Å². The molecule has 0 saturated heterocycles. The molecule has 1 aliphatic carbocycles. The molecule has 6 heteroatoms. The van der Waals surface area contributed by atoms with Crippen molar-refractivity contribution in [3.8, 4) is 22.9 Å². The molecule has 0 aliphatic heterocycles. The third-order valence-electron chi connectivity index (χ3n) is 5.67. The van der Waals surface area contributed by atoms with Gasteiger partial charge in [-0.25, -0.2) is 4.79 Å². The summed E-state index contributed by atoms with van der Waals surface area (Å²) < 4.78 is 15.1. The van der Waals surface area contributed by atoms with Gasteiger partial charge in [-0.1, -0.05) is 6.42 Å². The predicted octanol–water partition coefficient (Wildman–Crippen LogP) is 4.28. The van der Waals surface area contributed by atoms with E-state index in [1.807, 2.05) is 62.6 Å². The third-order valence-corrected chi connectivity index (χ3v) is 5.67. The van der Waals surface area contributed by atoms with Crippen molar-refractivity contribution in [3.05, 3.63) is 71.4 Å². The Kier molecular flexibility index (Phi) is 6.77. The standard InChI is InChI=1S/C25H31N3O3/c1-26(2)18-19-30-22-12-8-20(9-13-22)27-16-17-28(25(27)29)21-10-14-24(15-11-21)31-23-6-4-3-5-7-23/h8-17,23H,3-7,18-19H2,1-2H3. The molecule has 0 unspecified atom stereocenters. The largest absolute Gasteiger partial charge is 0.492 e. The molecule has 1 aromatic heterocycles. The van der Waals surface area contributed by atoms with Crippen LogP contribution in [-0.4, -0.2) is 47.4 Å². The predicted molar refractivity (Wildman–Crippen MR) is 123 cm³/mol. The first-order valence-corrected chi connectivity index (χ1v) is 11.1. The molecule has 0 N–H and O–H groups in total. The number of rotatable bonds is 8. The Labute approximate surface area is 183 Å². The lowest BCUT2D eigenvalue weighted by Crippen LogP contribution is -2.22. The normalized spacial score (nSPS) is 14.7. The first-order valence-electron chi connectivity index (χ1n) is 11.1. The van der Waals surface area contributed by atoms with Crippen molar-refractivity contribution in [2.75, 3.05) is 27.2 Å². The van der Waals surface area contributed by atoms with Crippen molar-refractivity contribution in [2.45, 2.75) is 38.2 Å². The highest BCUT2D eigenvalue weighted by atomic mass is 16.5. The van der Waals surface area contributed by atoms with Crippen molar-refractivity contribution in [2.24, 2.45) is 0 Å². The maximum absolute atomic E-state index is 13.0. The molecule has 6 nitrogen and oxygen atoms in total. The van der Waals surface area contributed by atoms with Crippen LogP contribution in [0.4, 0.5) is 0 Å². The highest BCUT2D eigenvalue weighted by Gasteiger charge is 2.15. The SMILES string of the molecule is CN(C)CCOc1ccc(-n2ccn(-c3ccc(OC4CCCCC4)cc3)c2=O)cc1. The Morgan fingerprint density at radius 3 is 1.94 bits per heavy atom. The summed E-state index contributed by atoms with van der Waals surface area (Å²) in [6.07, 6.45) is 9.96. The van der Waals surface area contributed by atoms with Gasteiger partial charge in [0, 0.05) is 18.9 Å². The Balaban J connectivity index is 1.43. The number of aromatic nitrogens is 2. The minimum absolute atomic E-state index is 0.109. The maximum atomic E-state index is 13.0. The molecular formula is C25H31N3O3. The molecule has 164 valence electrons. The van der Waals surface area contributed by atoms with Crippen molar-refractivity contribution in [3.63, 3.8) is 0 Å². The number of ether oxygens (including phenoxy) is 2. The molecule has 1 fully saturated rings. The van der Waals surface area contributed by atoms with Gasteiger partial charge in [0.2, 0.25) is 0 Å². The molecule has 31 heavy (non-hydrogen) atoms. The smallest absolute Gasteiger partial charge is 0.337 e. The van der Waals surface area contributed by atoms with Crippen LogP contribution >= 0.6 is 0 Å². The fourth-order valence-corrected chi connectivity index (χ4v) is 3.88. The van der Waals surface area contributed by atoms with Crippen molar-refractivity contribution in [1.29, 1.82) is 0 Å². The van der Waals surface area contributed by atoms with Crippen molar-refractivity contribution < 1.29 is 9.47 Å². The Hall–Kier alpha value is -2.99. The van der Waals surface area contributed by atoms with Gasteiger partial charge in [0.1, 0.15) is 18.1 Å². The van der Waals surface area contributed by atoms with Crippen molar-refractivity contribution >= 4 is 0 Å². The van der Waals surface area contributed by atoms with Crippen LogP contribution in [0.15, 0.2) is 65.7 Å². The summed E-state index contributed by atoms with van der Waals surface area (Å²) in [5.41, 5.74) is 1.52. The van der Waals surface area contributed by atoms with Gasteiger partial charge in [-0.3, -0.25) is 9.13 Å². The number of imidazole rings is 1. The zero-order valence-corrected chi connectivity index (χ0v) is 18.4. The second-order valence-corrected chi connectivity index (χ2v) is 8.34. The lowest BCUT2D eigenvalue weighted by molar-refractivity contribution is 0.155. The molecule has 1 aliphatic rings. The second kappa shape index (κ2) is 9.88. The molecule has 0 amide bonds. The highest BCUT2D eigenvalue weighted by Crippen LogP contribution is 2.24. The molecule has 0 radical (unpaired) electrons. The van der Waals surface area contributed by atoms with Crippen LogP contribution in [0.1, 0.15) is 32.1 Å². The molecule has 2 aromatic carbocycles. The first-order chi connectivity index (χ1) is 15.1. The molecule has 1 saturated carbocycles. The van der Waals surface area contributed by atoms with E-state index in [0.717, 1.165) is 42.3 Å². The number of hydrogen-bond acceptors (Lipinski definition) is 4. The van der Waals surface area contributed by atoms with Crippen LogP contribution in [0.5, 0.6) is 11.5 Å². The summed E-state index contributed by atoms with van der Waals surface area (Å²) in [5, 5.41) is 0. The summed E-state index contributed by atoms with van der Waals surface area (Å²) in [7, 11) is 4.03. The number of likely N-dealkylation sites (N-methyl/N-ethyl adjacent to an activating group) is 1. The average molecular weight is 422 g/mol. The van der Waals surface area contributed by atoms with E-state index in [1.54, 1.807) is 21.5 Å². The Bertz CT molecular complexity index is 1010. The molecule has 3 aromatic rings. The molecule has 4 rings (SSSR count). The lowest BCUT2D eigenvalue weighted by atomic mass is 9.98. The van der Waals surface area contributed by atoms with Gasteiger partial charge in [0.15, 0.2) is 0 Å². The third kappa shape index (κ3) is 5.39. The van der Waals surface area contributed by atoms with Gasteiger partial charge in [-0.15, -0.1) is 0 Å². The first kappa shape index (κ1) is 21.2. The van der Waals surface area contributed by atoms with E-state index >= 15 is 0 Å². The fourth-order valence-electron chi connectivity index (χ4n) is 3.88. The van der Waals surface area contributed by atoms with Gasteiger partial charge in [-0.05, 0) is 88.3 Å². The van der Waals surface area contributed by atoms with E-state index in [2.05, 4.69) is 4.90 Å². The van der Waals surface area contributed by atoms with Crippen LogP contribution < -0.4 is 15.2 Å². The zero-order chi connectivity index (χ0) is 21.6. The number of nitrogens with zero attached hydrogens (tertiary/aromatic N) is 3. The topological polar surface area (TPSA) is 48.6 Å². The monoisotopic (exact) mass is 421 g/mol. The quantitative estimate of drug-likeness (QED) is 0.545. The molecular weight excluding hydrogens is 390 g/mol. The van der Waals surface area contributed by atoms with Gasteiger partial charge >= 0.3 is 5.69 Å². The van der Waals surface area contributed by atoms with E-state index in [1.165, 1.54) is 19.3 Å². The van der Waals surface area contributed by atoms with Crippen LogP contribution in [0, 0.1) is 0 Å². The average Bonchev–Trinajstić information content (AvgIpc) is 3.16. The highest BCUT2D eigenvalue weighted by molar-refractivity contribution is 5.40. The van der Waals surface area contributed by atoms with E-state index < -0.39 is 0 Å². The summed E-state index contributed by atoms with van der Waals surface area (Å²) in [6.45, 7) is 1.48. The lowest BCUT2D eigenvalue weighted by Gasteiger charge is -2.23. The van der Waals surface area contributed by atoms with Gasteiger partial charge in [-0.2, -0.15) is 0 Å². The van der Waals surface area contributed by atoms with Gasteiger partial charge < -0.3 is 14.4 Å². The van der Waals surface area contributed by atoms with E-state index in [0.29, 0.717) is 12.7 Å². The second-order valence-electron chi connectivity index (χ2n) is 8.34. The molecule has 0 bridgehead atoms. The fraction of sp³-hybridized carbons (Fsp3) is 0.400. The molecule has 0 atom stereocenters. The Morgan fingerprint density at radius 1 is 0.839 bits per heavy atom. The molecule has 0 spiro atoms.